The molecule has 0 saturated carbocycles. The van der Waals surface area contributed by atoms with Crippen molar-refractivity contribution in [2.24, 2.45) is 0 Å². The minimum atomic E-state index is 0.515. The third-order valence-corrected chi connectivity index (χ3v) is 1.87. The molecule has 13 heavy (non-hydrogen) atoms. The fraction of sp³-hybridized carbons (Fsp3) is 0.400. The lowest BCUT2D eigenvalue weighted by atomic mass is 10.2. The normalized spacial score (nSPS) is 13.4. The fourth-order valence-electron chi connectivity index (χ4n) is 0.923. The van der Waals surface area contributed by atoms with Gasteiger partial charge in [0.25, 0.3) is 0 Å². The molecule has 0 saturated heterocycles. The van der Waals surface area contributed by atoms with E-state index < -0.39 is 0 Å². The summed E-state index contributed by atoms with van der Waals surface area (Å²) in [6, 6.07) is 0.515. The van der Waals surface area contributed by atoms with Gasteiger partial charge in [0.15, 0.2) is 0 Å². The second-order valence-corrected chi connectivity index (χ2v) is 3.00. The molecule has 1 rings (SSSR count). The molecule has 1 aromatic rings. The number of aromatic nitrogens is 2. The Morgan fingerprint density at radius 1 is 1.46 bits per heavy atom. The van der Waals surface area contributed by atoms with Gasteiger partial charge < -0.3 is 5.32 Å². The van der Waals surface area contributed by atoms with Gasteiger partial charge in [0.2, 0.25) is 0 Å². The Labute approximate surface area is 78.9 Å². The Hall–Kier alpha value is -1.22. The summed E-state index contributed by atoms with van der Waals surface area (Å²) in [6.07, 6.45) is 10.3. The van der Waals surface area contributed by atoms with Crippen molar-refractivity contribution in [3.05, 3.63) is 30.4 Å². The number of hydrogen-bond acceptors (Lipinski definition) is 3. The topological polar surface area (TPSA) is 37.8 Å². The Bertz CT molecular complexity index is 256. The summed E-state index contributed by atoms with van der Waals surface area (Å²) >= 11 is 0. The van der Waals surface area contributed by atoms with Gasteiger partial charge in [-0.25, -0.2) is 9.97 Å². The average Bonchev–Trinajstić information content (AvgIpc) is 2.19. The molecule has 0 aliphatic carbocycles. The van der Waals surface area contributed by atoms with Crippen molar-refractivity contribution in [3.8, 4) is 0 Å². The molecule has 0 bridgehead atoms. The van der Waals surface area contributed by atoms with E-state index in [4.69, 9.17) is 0 Å². The quantitative estimate of drug-likeness (QED) is 0.757. The molecule has 0 aliphatic heterocycles. The van der Waals surface area contributed by atoms with E-state index in [1.54, 1.807) is 12.4 Å². The highest BCUT2D eigenvalue weighted by atomic mass is 14.8. The van der Waals surface area contributed by atoms with Crippen LogP contribution >= 0.6 is 0 Å². The van der Waals surface area contributed by atoms with Gasteiger partial charge >= 0.3 is 0 Å². The van der Waals surface area contributed by atoms with E-state index in [0.29, 0.717) is 6.04 Å². The van der Waals surface area contributed by atoms with Crippen LogP contribution in [0.25, 0.3) is 6.08 Å². The predicted molar refractivity (Wildman–Crippen MR) is 54.2 cm³/mol. The highest BCUT2D eigenvalue weighted by Crippen LogP contribution is 1.99. The zero-order valence-electron chi connectivity index (χ0n) is 8.07. The molecule has 3 heteroatoms. The van der Waals surface area contributed by atoms with Crippen LogP contribution in [0.5, 0.6) is 0 Å². The predicted octanol–water partition coefficient (Wildman–Crippen LogP) is 1.49. The van der Waals surface area contributed by atoms with Gasteiger partial charge in [0, 0.05) is 24.0 Å². The van der Waals surface area contributed by atoms with Crippen LogP contribution in [0.15, 0.2) is 24.8 Å². The number of nitrogens with one attached hydrogen (secondary N) is 1. The summed E-state index contributed by atoms with van der Waals surface area (Å²) in [7, 11) is 1.96. The SMILES string of the molecule is CN[C@@H](C)CC=Cc1cncnc1. The summed E-state index contributed by atoms with van der Waals surface area (Å²) in [5, 5.41) is 3.17. The Balaban J connectivity index is 2.41. The molecule has 1 atom stereocenters. The summed E-state index contributed by atoms with van der Waals surface area (Å²) in [5.74, 6) is 0. The first-order valence-electron chi connectivity index (χ1n) is 4.41. The van der Waals surface area contributed by atoms with E-state index in [-0.39, 0.29) is 0 Å². The van der Waals surface area contributed by atoms with Crippen molar-refractivity contribution in [3.63, 3.8) is 0 Å². The van der Waals surface area contributed by atoms with Gasteiger partial charge in [-0.3, -0.25) is 0 Å². The van der Waals surface area contributed by atoms with Gasteiger partial charge in [-0.1, -0.05) is 12.2 Å². The first-order chi connectivity index (χ1) is 6.33. The van der Waals surface area contributed by atoms with E-state index in [2.05, 4.69) is 28.3 Å². The second kappa shape index (κ2) is 5.43. The van der Waals surface area contributed by atoms with Crippen LogP contribution in [0.3, 0.4) is 0 Å². The van der Waals surface area contributed by atoms with Crippen LogP contribution in [-0.2, 0) is 0 Å². The summed E-state index contributed by atoms with van der Waals surface area (Å²) < 4.78 is 0. The van der Waals surface area contributed by atoms with Gasteiger partial charge in [-0.2, -0.15) is 0 Å². The van der Waals surface area contributed by atoms with Crippen LogP contribution in [0.2, 0.25) is 0 Å². The van der Waals surface area contributed by atoms with Gasteiger partial charge in [0.05, 0.1) is 0 Å². The van der Waals surface area contributed by atoms with Crippen LogP contribution in [0.1, 0.15) is 18.9 Å². The summed E-state index contributed by atoms with van der Waals surface area (Å²) in [5.41, 5.74) is 1.05. The van der Waals surface area contributed by atoms with E-state index in [1.165, 1.54) is 6.33 Å². The Morgan fingerprint density at radius 3 is 2.77 bits per heavy atom. The number of rotatable bonds is 4. The number of hydrogen-bond donors (Lipinski definition) is 1. The molecule has 0 unspecified atom stereocenters. The van der Waals surface area contributed by atoms with E-state index in [1.807, 2.05) is 13.1 Å². The molecule has 0 spiro atoms. The minimum absolute atomic E-state index is 0.515. The summed E-state index contributed by atoms with van der Waals surface area (Å²) in [4.78, 5) is 7.85. The third-order valence-electron chi connectivity index (χ3n) is 1.87. The average molecular weight is 177 g/mol. The zero-order chi connectivity index (χ0) is 9.52. The molecule has 1 N–H and O–H groups in total. The van der Waals surface area contributed by atoms with Crippen LogP contribution < -0.4 is 5.32 Å². The molecule has 0 radical (unpaired) electrons. The summed E-state index contributed by atoms with van der Waals surface area (Å²) in [6.45, 7) is 2.14. The molecular weight excluding hydrogens is 162 g/mol. The van der Waals surface area contributed by atoms with Crippen molar-refractivity contribution in [1.29, 1.82) is 0 Å². The van der Waals surface area contributed by atoms with Crippen molar-refractivity contribution in [2.75, 3.05) is 7.05 Å². The maximum absolute atomic E-state index is 3.92. The first kappa shape index (κ1) is 9.86. The molecule has 1 aromatic heterocycles. The monoisotopic (exact) mass is 177 g/mol. The van der Waals surface area contributed by atoms with Crippen molar-refractivity contribution >= 4 is 6.08 Å². The van der Waals surface area contributed by atoms with Crippen molar-refractivity contribution in [1.82, 2.24) is 15.3 Å². The first-order valence-corrected chi connectivity index (χ1v) is 4.41. The van der Waals surface area contributed by atoms with Gasteiger partial charge in [0.1, 0.15) is 6.33 Å². The highest BCUT2D eigenvalue weighted by molar-refractivity contribution is 5.45. The fourth-order valence-corrected chi connectivity index (χ4v) is 0.923. The molecule has 1 heterocycles. The molecule has 70 valence electrons. The maximum atomic E-state index is 3.92. The Kier molecular flexibility index (Phi) is 4.12. The minimum Gasteiger partial charge on any atom is -0.317 e. The largest absolute Gasteiger partial charge is 0.317 e. The van der Waals surface area contributed by atoms with E-state index >= 15 is 0 Å². The molecule has 3 nitrogen and oxygen atoms in total. The van der Waals surface area contributed by atoms with Crippen LogP contribution in [0.4, 0.5) is 0 Å². The lowest BCUT2D eigenvalue weighted by Crippen LogP contribution is -2.19. The Morgan fingerprint density at radius 2 is 2.15 bits per heavy atom. The van der Waals surface area contributed by atoms with E-state index in [9.17, 15) is 0 Å². The molecular formula is C10H15N3. The smallest absolute Gasteiger partial charge is 0.115 e. The third kappa shape index (κ3) is 3.80. The van der Waals surface area contributed by atoms with Crippen LogP contribution in [0, 0.1) is 0 Å². The van der Waals surface area contributed by atoms with Gasteiger partial charge in [-0.05, 0) is 20.4 Å². The highest BCUT2D eigenvalue weighted by Gasteiger charge is 1.92. The standard InChI is InChI=1S/C10H15N3/c1-9(11-2)4-3-5-10-6-12-8-13-7-10/h3,5-9,11H,4H2,1-2H3/t9-/m0/s1. The molecule has 0 fully saturated rings. The maximum Gasteiger partial charge on any atom is 0.115 e. The second-order valence-electron chi connectivity index (χ2n) is 3.00. The molecule has 0 amide bonds. The van der Waals surface area contributed by atoms with Crippen molar-refractivity contribution in [2.45, 2.75) is 19.4 Å². The van der Waals surface area contributed by atoms with Crippen molar-refractivity contribution < 1.29 is 0 Å². The van der Waals surface area contributed by atoms with E-state index in [0.717, 1.165) is 12.0 Å². The molecule has 0 aliphatic rings. The van der Waals surface area contributed by atoms with Gasteiger partial charge in [-0.15, -0.1) is 0 Å². The zero-order valence-corrected chi connectivity index (χ0v) is 8.07. The molecule has 0 aromatic carbocycles. The number of nitrogens with zero attached hydrogens (tertiary/aromatic N) is 2. The lowest BCUT2D eigenvalue weighted by Gasteiger charge is -2.04. The van der Waals surface area contributed by atoms with Crippen LogP contribution in [-0.4, -0.2) is 23.1 Å². The lowest BCUT2D eigenvalue weighted by molar-refractivity contribution is 0.621.